The molecule has 2 unspecified atom stereocenters. The molecular weight excluding hydrogens is 188 g/mol. The number of nitrogens with zero attached hydrogens (tertiary/aromatic N) is 1. The van der Waals surface area contributed by atoms with Crippen molar-refractivity contribution in [1.82, 2.24) is 4.98 Å². The molecule has 0 aromatic carbocycles. The van der Waals surface area contributed by atoms with Crippen LogP contribution in [0.4, 0.5) is 5.69 Å². The van der Waals surface area contributed by atoms with Crippen LogP contribution in [-0.2, 0) is 0 Å². The average molecular weight is 206 g/mol. The zero-order valence-corrected chi connectivity index (χ0v) is 9.11. The van der Waals surface area contributed by atoms with Crippen molar-refractivity contribution in [3.05, 3.63) is 24.0 Å². The lowest BCUT2D eigenvalue weighted by Gasteiger charge is -2.15. The van der Waals surface area contributed by atoms with Crippen molar-refractivity contribution < 1.29 is 5.11 Å². The molecule has 1 fully saturated rings. The molecule has 1 heterocycles. The van der Waals surface area contributed by atoms with Gasteiger partial charge < -0.3 is 10.4 Å². The van der Waals surface area contributed by atoms with Gasteiger partial charge in [-0.3, -0.25) is 4.98 Å². The normalized spacial score (nSPS) is 25.5. The molecule has 0 aliphatic heterocycles. The molecule has 1 aliphatic carbocycles. The fourth-order valence-electron chi connectivity index (χ4n) is 2.16. The quantitative estimate of drug-likeness (QED) is 0.794. The largest absolute Gasteiger partial charge is 0.393 e. The van der Waals surface area contributed by atoms with Gasteiger partial charge in [0.05, 0.1) is 6.10 Å². The Morgan fingerprint density at radius 2 is 2.40 bits per heavy atom. The van der Waals surface area contributed by atoms with Crippen molar-refractivity contribution in [2.75, 3.05) is 11.9 Å². The predicted octanol–water partition coefficient (Wildman–Crippen LogP) is 1.96. The summed E-state index contributed by atoms with van der Waals surface area (Å²) in [5.74, 6) is 0.415. The van der Waals surface area contributed by atoms with Crippen molar-refractivity contribution in [2.24, 2.45) is 5.92 Å². The van der Waals surface area contributed by atoms with Crippen molar-refractivity contribution in [3.63, 3.8) is 0 Å². The molecule has 3 heteroatoms. The van der Waals surface area contributed by atoms with E-state index in [0.29, 0.717) is 5.92 Å². The van der Waals surface area contributed by atoms with Gasteiger partial charge >= 0.3 is 0 Å². The Hall–Kier alpha value is -1.09. The van der Waals surface area contributed by atoms with E-state index in [4.69, 9.17) is 0 Å². The molecule has 15 heavy (non-hydrogen) atoms. The standard InChI is InChI=1S/C12H18N2O/c1-9-7-11(5-6-13-9)14-8-10-3-2-4-12(10)15/h5-7,10,12,15H,2-4,8H2,1H3,(H,13,14). The van der Waals surface area contributed by atoms with E-state index in [0.717, 1.165) is 37.2 Å². The van der Waals surface area contributed by atoms with Crippen LogP contribution < -0.4 is 5.32 Å². The van der Waals surface area contributed by atoms with E-state index in [1.165, 1.54) is 0 Å². The third-order valence-electron chi connectivity index (χ3n) is 3.08. The summed E-state index contributed by atoms with van der Waals surface area (Å²) in [6.07, 6.45) is 4.95. The van der Waals surface area contributed by atoms with Gasteiger partial charge in [0.1, 0.15) is 0 Å². The fourth-order valence-corrected chi connectivity index (χ4v) is 2.16. The molecule has 0 saturated heterocycles. The van der Waals surface area contributed by atoms with Gasteiger partial charge in [-0.15, -0.1) is 0 Å². The molecule has 1 aromatic rings. The number of aliphatic hydroxyl groups excluding tert-OH is 1. The molecule has 0 spiro atoms. The number of rotatable bonds is 3. The summed E-state index contributed by atoms with van der Waals surface area (Å²) in [7, 11) is 0. The van der Waals surface area contributed by atoms with Gasteiger partial charge in [-0.25, -0.2) is 0 Å². The fraction of sp³-hybridized carbons (Fsp3) is 0.583. The number of aromatic nitrogens is 1. The van der Waals surface area contributed by atoms with Crippen LogP contribution in [0.3, 0.4) is 0 Å². The third kappa shape index (κ3) is 2.69. The maximum absolute atomic E-state index is 9.67. The van der Waals surface area contributed by atoms with Gasteiger partial charge in [0.2, 0.25) is 0 Å². The number of pyridine rings is 1. The number of aryl methyl sites for hydroxylation is 1. The second-order valence-electron chi connectivity index (χ2n) is 4.33. The third-order valence-corrected chi connectivity index (χ3v) is 3.08. The van der Waals surface area contributed by atoms with Crippen molar-refractivity contribution in [1.29, 1.82) is 0 Å². The van der Waals surface area contributed by atoms with Crippen LogP contribution in [0, 0.1) is 12.8 Å². The first-order valence-corrected chi connectivity index (χ1v) is 5.60. The van der Waals surface area contributed by atoms with Crippen LogP contribution in [0.2, 0.25) is 0 Å². The molecular formula is C12H18N2O. The van der Waals surface area contributed by atoms with E-state index >= 15 is 0 Å². The summed E-state index contributed by atoms with van der Waals surface area (Å²) < 4.78 is 0. The maximum atomic E-state index is 9.67. The SMILES string of the molecule is Cc1cc(NCC2CCCC2O)ccn1. The molecule has 2 rings (SSSR count). The lowest BCUT2D eigenvalue weighted by Crippen LogP contribution is -2.21. The van der Waals surface area contributed by atoms with Crippen molar-refractivity contribution in [2.45, 2.75) is 32.3 Å². The molecule has 82 valence electrons. The number of hydrogen-bond acceptors (Lipinski definition) is 3. The van der Waals surface area contributed by atoms with E-state index in [1.807, 2.05) is 25.3 Å². The minimum absolute atomic E-state index is 0.111. The van der Waals surface area contributed by atoms with Gasteiger partial charge in [0, 0.05) is 30.0 Å². The zero-order valence-electron chi connectivity index (χ0n) is 9.11. The summed E-state index contributed by atoms with van der Waals surface area (Å²) in [6, 6.07) is 4.00. The first-order chi connectivity index (χ1) is 7.25. The Balaban J connectivity index is 1.87. The highest BCUT2D eigenvalue weighted by Crippen LogP contribution is 2.25. The van der Waals surface area contributed by atoms with Crippen LogP contribution >= 0.6 is 0 Å². The van der Waals surface area contributed by atoms with E-state index in [-0.39, 0.29) is 6.10 Å². The Kier molecular flexibility index (Phi) is 3.21. The average Bonchev–Trinajstić information content (AvgIpc) is 2.61. The molecule has 1 aliphatic rings. The second kappa shape index (κ2) is 4.62. The van der Waals surface area contributed by atoms with E-state index in [2.05, 4.69) is 10.3 Å². The monoisotopic (exact) mass is 206 g/mol. The predicted molar refractivity (Wildman–Crippen MR) is 60.8 cm³/mol. The lowest BCUT2D eigenvalue weighted by atomic mass is 10.1. The Bertz CT molecular complexity index is 327. The minimum Gasteiger partial charge on any atom is -0.393 e. The highest BCUT2D eigenvalue weighted by Gasteiger charge is 2.24. The zero-order chi connectivity index (χ0) is 10.7. The summed E-state index contributed by atoms with van der Waals surface area (Å²) in [4.78, 5) is 4.15. The molecule has 2 N–H and O–H groups in total. The molecule has 0 bridgehead atoms. The molecule has 1 saturated carbocycles. The van der Waals surface area contributed by atoms with Gasteiger partial charge in [0.25, 0.3) is 0 Å². The topological polar surface area (TPSA) is 45.1 Å². The summed E-state index contributed by atoms with van der Waals surface area (Å²) in [5.41, 5.74) is 2.12. The number of hydrogen-bond donors (Lipinski definition) is 2. The number of nitrogens with one attached hydrogen (secondary N) is 1. The van der Waals surface area contributed by atoms with E-state index in [1.54, 1.807) is 0 Å². The van der Waals surface area contributed by atoms with Gasteiger partial charge in [-0.2, -0.15) is 0 Å². The minimum atomic E-state index is -0.111. The number of aliphatic hydroxyl groups is 1. The molecule has 2 atom stereocenters. The van der Waals surface area contributed by atoms with Crippen LogP contribution in [0.15, 0.2) is 18.3 Å². The maximum Gasteiger partial charge on any atom is 0.0585 e. The van der Waals surface area contributed by atoms with Gasteiger partial charge in [0.15, 0.2) is 0 Å². The van der Waals surface area contributed by atoms with Crippen LogP contribution in [-0.4, -0.2) is 22.7 Å². The van der Waals surface area contributed by atoms with Crippen LogP contribution in [0.1, 0.15) is 25.0 Å². The lowest BCUT2D eigenvalue weighted by molar-refractivity contribution is 0.138. The molecule has 1 aromatic heterocycles. The highest BCUT2D eigenvalue weighted by atomic mass is 16.3. The Morgan fingerprint density at radius 1 is 1.53 bits per heavy atom. The highest BCUT2D eigenvalue weighted by molar-refractivity contribution is 5.42. The first-order valence-electron chi connectivity index (χ1n) is 5.60. The van der Waals surface area contributed by atoms with Gasteiger partial charge in [-0.05, 0) is 31.9 Å². The molecule has 0 radical (unpaired) electrons. The number of anilines is 1. The van der Waals surface area contributed by atoms with E-state index in [9.17, 15) is 5.11 Å². The summed E-state index contributed by atoms with van der Waals surface area (Å²) >= 11 is 0. The molecule has 0 amide bonds. The van der Waals surface area contributed by atoms with E-state index < -0.39 is 0 Å². The van der Waals surface area contributed by atoms with Crippen molar-refractivity contribution in [3.8, 4) is 0 Å². The van der Waals surface area contributed by atoms with Gasteiger partial charge in [-0.1, -0.05) is 6.42 Å². The smallest absolute Gasteiger partial charge is 0.0585 e. The first kappa shape index (κ1) is 10.4. The van der Waals surface area contributed by atoms with Crippen LogP contribution in [0.25, 0.3) is 0 Å². The summed E-state index contributed by atoms with van der Waals surface area (Å²) in [6.45, 7) is 2.85. The van der Waals surface area contributed by atoms with Crippen molar-refractivity contribution >= 4 is 5.69 Å². The second-order valence-corrected chi connectivity index (χ2v) is 4.33. The Labute approximate surface area is 90.5 Å². The Morgan fingerprint density at radius 3 is 3.07 bits per heavy atom. The van der Waals surface area contributed by atoms with Crippen LogP contribution in [0.5, 0.6) is 0 Å². The summed E-state index contributed by atoms with van der Waals surface area (Å²) in [5, 5.41) is 13.0. The molecule has 3 nitrogen and oxygen atoms in total.